The van der Waals surface area contributed by atoms with Crippen LogP contribution in [0, 0.1) is 5.92 Å². The van der Waals surface area contributed by atoms with Crippen molar-refractivity contribution in [3.8, 4) is 5.75 Å². The Morgan fingerprint density at radius 2 is 1.94 bits per heavy atom. The van der Waals surface area contributed by atoms with Crippen molar-refractivity contribution < 1.29 is 4.74 Å². The molecule has 1 aliphatic rings. The molecule has 16 heavy (non-hydrogen) atoms. The summed E-state index contributed by atoms with van der Waals surface area (Å²) in [6.45, 7) is 2.05. The average molecular weight is 214 g/mol. The van der Waals surface area contributed by atoms with Gasteiger partial charge in [0, 0.05) is 0 Å². The van der Waals surface area contributed by atoms with Crippen molar-refractivity contribution in [2.75, 3.05) is 7.11 Å². The molecule has 1 saturated carbocycles. The molecule has 0 aromatic heterocycles. The molecular weight excluding hydrogens is 196 g/mol. The SMILES string of the molecule is C/C=C/C=C(/c1ccc(OC)cc1)C1CC1. The fourth-order valence-corrected chi connectivity index (χ4v) is 1.85. The van der Waals surface area contributed by atoms with Gasteiger partial charge in [-0.3, -0.25) is 0 Å². The third kappa shape index (κ3) is 2.54. The normalized spacial score (nSPS) is 16.8. The van der Waals surface area contributed by atoms with Crippen LogP contribution in [0.4, 0.5) is 0 Å². The van der Waals surface area contributed by atoms with E-state index in [0.717, 1.165) is 11.7 Å². The molecule has 0 aliphatic heterocycles. The van der Waals surface area contributed by atoms with Crippen LogP contribution < -0.4 is 4.74 Å². The van der Waals surface area contributed by atoms with Crippen LogP contribution in [0.2, 0.25) is 0 Å². The molecule has 0 bridgehead atoms. The summed E-state index contributed by atoms with van der Waals surface area (Å²) in [7, 11) is 1.70. The molecule has 0 saturated heterocycles. The Hall–Kier alpha value is -1.50. The summed E-state index contributed by atoms with van der Waals surface area (Å²) in [5.41, 5.74) is 2.78. The summed E-state index contributed by atoms with van der Waals surface area (Å²) in [5.74, 6) is 1.69. The Bertz CT molecular complexity index is 394. The number of methoxy groups -OCH3 is 1. The van der Waals surface area contributed by atoms with E-state index in [1.807, 2.05) is 12.1 Å². The first kappa shape index (κ1) is 11.0. The van der Waals surface area contributed by atoms with Crippen LogP contribution in [0.25, 0.3) is 5.57 Å². The second-order valence-electron chi connectivity index (χ2n) is 4.15. The standard InChI is InChI=1S/C15H18O/c1-3-4-5-15(12-6-7-12)13-8-10-14(16-2)11-9-13/h3-5,8-12H,6-7H2,1-2H3/b4-3+,15-5+. The van der Waals surface area contributed by atoms with E-state index in [1.54, 1.807) is 7.11 Å². The van der Waals surface area contributed by atoms with E-state index >= 15 is 0 Å². The van der Waals surface area contributed by atoms with Crippen LogP contribution in [0.3, 0.4) is 0 Å². The Morgan fingerprint density at radius 1 is 1.25 bits per heavy atom. The predicted octanol–water partition coefficient (Wildman–Crippen LogP) is 4.06. The van der Waals surface area contributed by atoms with Crippen LogP contribution in [0.15, 0.2) is 42.5 Å². The molecule has 1 fully saturated rings. The highest BCUT2D eigenvalue weighted by atomic mass is 16.5. The first-order valence-corrected chi connectivity index (χ1v) is 5.82. The highest BCUT2D eigenvalue weighted by Gasteiger charge is 2.26. The fraction of sp³-hybridized carbons (Fsp3) is 0.333. The zero-order valence-corrected chi connectivity index (χ0v) is 9.94. The minimum Gasteiger partial charge on any atom is -0.497 e. The molecule has 2 rings (SSSR count). The highest BCUT2D eigenvalue weighted by molar-refractivity contribution is 5.70. The van der Waals surface area contributed by atoms with Crippen molar-refractivity contribution >= 4 is 5.57 Å². The molecule has 0 unspecified atom stereocenters. The maximum absolute atomic E-state index is 5.17. The molecule has 0 heterocycles. The molecule has 1 heteroatoms. The van der Waals surface area contributed by atoms with Crippen LogP contribution in [-0.2, 0) is 0 Å². The van der Waals surface area contributed by atoms with E-state index in [-0.39, 0.29) is 0 Å². The summed E-state index contributed by atoms with van der Waals surface area (Å²) < 4.78 is 5.17. The molecule has 0 amide bonds. The number of hydrogen-bond acceptors (Lipinski definition) is 1. The van der Waals surface area contributed by atoms with Crippen LogP contribution in [0.1, 0.15) is 25.3 Å². The fourth-order valence-electron chi connectivity index (χ4n) is 1.85. The third-order valence-electron chi connectivity index (χ3n) is 2.91. The maximum atomic E-state index is 5.17. The van der Waals surface area contributed by atoms with Gasteiger partial charge in [-0.2, -0.15) is 0 Å². The number of hydrogen-bond donors (Lipinski definition) is 0. The molecule has 0 radical (unpaired) electrons. The van der Waals surface area contributed by atoms with E-state index in [4.69, 9.17) is 4.74 Å². The van der Waals surface area contributed by atoms with Crippen LogP contribution >= 0.6 is 0 Å². The molecule has 1 aliphatic carbocycles. The van der Waals surface area contributed by atoms with Crippen LogP contribution in [-0.4, -0.2) is 7.11 Å². The number of benzene rings is 1. The lowest BCUT2D eigenvalue weighted by molar-refractivity contribution is 0.415. The third-order valence-corrected chi connectivity index (χ3v) is 2.91. The Labute approximate surface area is 97.4 Å². The van der Waals surface area contributed by atoms with Crippen molar-refractivity contribution in [3.05, 3.63) is 48.1 Å². The smallest absolute Gasteiger partial charge is 0.118 e. The number of ether oxygens (including phenoxy) is 1. The van der Waals surface area contributed by atoms with Gasteiger partial charge in [0.25, 0.3) is 0 Å². The van der Waals surface area contributed by atoms with Crippen molar-refractivity contribution in [2.45, 2.75) is 19.8 Å². The summed E-state index contributed by atoms with van der Waals surface area (Å²) in [6, 6.07) is 8.35. The minimum absolute atomic E-state index is 0.768. The lowest BCUT2D eigenvalue weighted by atomic mass is 10.0. The van der Waals surface area contributed by atoms with Gasteiger partial charge < -0.3 is 4.74 Å². The molecule has 84 valence electrons. The maximum Gasteiger partial charge on any atom is 0.118 e. The molecule has 1 aromatic carbocycles. The molecule has 1 aromatic rings. The summed E-state index contributed by atoms with van der Waals surface area (Å²) in [5, 5.41) is 0. The lowest BCUT2D eigenvalue weighted by Gasteiger charge is -2.06. The van der Waals surface area contributed by atoms with Crippen molar-refractivity contribution in [1.82, 2.24) is 0 Å². The van der Waals surface area contributed by atoms with Crippen LogP contribution in [0.5, 0.6) is 5.75 Å². The van der Waals surface area contributed by atoms with Gasteiger partial charge in [0.2, 0.25) is 0 Å². The van der Waals surface area contributed by atoms with E-state index in [9.17, 15) is 0 Å². The number of rotatable bonds is 4. The van der Waals surface area contributed by atoms with Gasteiger partial charge in [0.05, 0.1) is 7.11 Å². The second-order valence-corrected chi connectivity index (χ2v) is 4.15. The molecule has 1 nitrogen and oxygen atoms in total. The minimum atomic E-state index is 0.768. The van der Waals surface area contributed by atoms with E-state index in [2.05, 4.69) is 37.3 Å². The zero-order chi connectivity index (χ0) is 11.4. The molecule has 0 atom stereocenters. The first-order valence-electron chi connectivity index (χ1n) is 5.82. The number of allylic oxidation sites excluding steroid dienone is 4. The monoisotopic (exact) mass is 214 g/mol. The largest absolute Gasteiger partial charge is 0.497 e. The zero-order valence-electron chi connectivity index (χ0n) is 9.94. The highest BCUT2D eigenvalue weighted by Crippen LogP contribution is 2.42. The molecule has 0 N–H and O–H groups in total. The summed E-state index contributed by atoms with van der Waals surface area (Å²) in [6.07, 6.45) is 9.09. The van der Waals surface area contributed by atoms with Gasteiger partial charge in [-0.1, -0.05) is 30.4 Å². The molecular formula is C15H18O. The van der Waals surface area contributed by atoms with Gasteiger partial charge >= 0.3 is 0 Å². The van der Waals surface area contributed by atoms with Gasteiger partial charge in [-0.25, -0.2) is 0 Å². The second kappa shape index (κ2) is 5.02. The van der Waals surface area contributed by atoms with E-state index < -0.39 is 0 Å². The quantitative estimate of drug-likeness (QED) is 0.687. The summed E-state index contributed by atoms with van der Waals surface area (Å²) in [4.78, 5) is 0. The van der Waals surface area contributed by atoms with Gasteiger partial charge in [0.1, 0.15) is 5.75 Å². The van der Waals surface area contributed by atoms with Gasteiger partial charge in [-0.15, -0.1) is 0 Å². The van der Waals surface area contributed by atoms with Gasteiger partial charge in [-0.05, 0) is 49.0 Å². The Balaban J connectivity index is 2.24. The topological polar surface area (TPSA) is 9.23 Å². The van der Waals surface area contributed by atoms with Crippen molar-refractivity contribution in [1.29, 1.82) is 0 Å². The molecule has 0 spiro atoms. The Kier molecular flexibility index (Phi) is 3.45. The predicted molar refractivity (Wildman–Crippen MR) is 68.5 cm³/mol. The van der Waals surface area contributed by atoms with Crippen molar-refractivity contribution in [2.24, 2.45) is 5.92 Å². The summed E-state index contributed by atoms with van der Waals surface area (Å²) >= 11 is 0. The van der Waals surface area contributed by atoms with E-state index in [1.165, 1.54) is 24.0 Å². The van der Waals surface area contributed by atoms with E-state index in [0.29, 0.717) is 0 Å². The average Bonchev–Trinajstić information content (AvgIpc) is 3.15. The van der Waals surface area contributed by atoms with Crippen molar-refractivity contribution in [3.63, 3.8) is 0 Å². The lowest BCUT2D eigenvalue weighted by Crippen LogP contribution is -1.88. The van der Waals surface area contributed by atoms with Gasteiger partial charge in [0.15, 0.2) is 0 Å². The first-order chi connectivity index (χ1) is 7.85. The Morgan fingerprint density at radius 3 is 2.44 bits per heavy atom.